The molecular weight excluding hydrogens is 297 g/mol. The number of thiophene rings is 1. The highest BCUT2D eigenvalue weighted by Crippen LogP contribution is 2.45. The average Bonchev–Trinajstić information content (AvgIpc) is 2.67. The summed E-state index contributed by atoms with van der Waals surface area (Å²) in [6.45, 7) is 1.90. The number of hydrogen-bond donors (Lipinski definition) is 1. The van der Waals surface area contributed by atoms with Crippen LogP contribution in [-0.4, -0.2) is 23.0 Å². The topological polar surface area (TPSA) is 37.3 Å². The minimum absolute atomic E-state index is 0.0591. The van der Waals surface area contributed by atoms with Gasteiger partial charge in [0.15, 0.2) is 0 Å². The lowest BCUT2D eigenvalue weighted by molar-refractivity contribution is -0.176. The first-order chi connectivity index (χ1) is 8.84. The Morgan fingerprint density at radius 2 is 2.21 bits per heavy atom. The average molecular weight is 310 g/mol. The molecule has 1 aliphatic rings. The van der Waals surface area contributed by atoms with E-state index in [9.17, 15) is 18.0 Å². The molecular formula is C12H13F3O2S2. The lowest BCUT2D eigenvalue weighted by Crippen LogP contribution is -2.28. The lowest BCUT2D eigenvalue weighted by Gasteiger charge is -2.24. The summed E-state index contributed by atoms with van der Waals surface area (Å²) in [4.78, 5) is 12.6. The molecule has 0 spiro atoms. The van der Waals surface area contributed by atoms with E-state index in [-0.39, 0.29) is 17.7 Å². The van der Waals surface area contributed by atoms with Gasteiger partial charge in [-0.3, -0.25) is 0 Å². The van der Waals surface area contributed by atoms with Gasteiger partial charge in [0, 0.05) is 9.77 Å². The molecule has 1 aromatic rings. The first-order valence-corrected chi connectivity index (χ1v) is 7.72. The van der Waals surface area contributed by atoms with Gasteiger partial charge in [-0.1, -0.05) is 6.92 Å². The Morgan fingerprint density at radius 3 is 2.74 bits per heavy atom. The van der Waals surface area contributed by atoms with E-state index in [0.29, 0.717) is 21.9 Å². The summed E-state index contributed by atoms with van der Waals surface area (Å²) < 4.78 is 38.2. The Labute approximate surface area is 117 Å². The molecule has 2 rings (SSSR count). The van der Waals surface area contributed by atoms with Crippen LogP contribution in [0.5, 0.6) is 0 Å². The number of thioether (sulfide) groups is 1. The SMILES string of the molecule is CCSc1c(C(=O)O)sc2c1CCC(C(F)(F)F)C2. The normalized spacial score (nSPS) is 19.3. The van der Waals surface area contributed by atoms with Gasteiger partial charge in [-0.25, -0.2) is 4.79 Å². The molecule has 1 heterocycles. The second-order valence-electron chi connectivity index (χ2n) is 4.38. The van der Waals surface area contributed by atoms with E-state index in [1.165, 1.54) is 11.8 Å². The summed E-state index contributed by atoms with van der Waals surface area (Å²) in [5, 5.41) is 9.14. The van der Waals surface area contributed by atoms with Gasteiger partial charge >= 0.3 is 12.1 Å². The third kappa shape index (κ3) is 2.91. The van der Waals surface area contributed by atoms with Crippen molar-refractivity contribution in [2.24, 2.45) is 5.92 Å². The van der Waals surface area contributed by atoms with Crippen LogP contribution in [-0.2, 0) is 12.8 Å². The van der Waals surface area contributed by atoms with E-state index in [1.807, 2.05) is 6.92 Å². The highest BCUT2D eigenvalue weighted by molar-refractivity contribution is 7.99. The van der Waals surface area contributed by atoms with Crippen molar-refractivity contribution in [3.05, 3.63) is 15.3 Å². The molecule has 0 saturated carbocycles. The fourth-order valence-electron chi connectivity index (χ4n) is 2.27. The smallest absolute Gasteiger partial charge is 0.392 e. The van der Waals surface area contributed by atoms with Crippen molar-refractivity contribution in [3.63, 3.8) is 0 Å². The number of fused-ring (bicyclic) bond motifs is 1. The van der Waals surface area contributed by atoms with E-state index in [2.05, 4.69) is 0 Å². The maximum atomic E-state index is 12.7. The van der Waals surface area contributed by atoms with Gasteiger partial charge in [0.1, 0.15) is 4.88 Å². The molecule has 0 fully saturated rings. The van der Waals surface area contributed by atoms with Crippen molar-refractivity contribution >= 4 is 29.1 Å². The van der Waals surface area contributed by atoms with Crippen LogP contribution in [0.4, 0.5) is 13.2 Å². The maximum absolute atomic E-state index is 12.7. The lowest BCUT2D eigenvalue weighted by atomic mass is 9.88. The summed E-state index contributed by atoms with van der Waals surface area (Å²) in [6, 6.07) is 0. The zero-order valence-corrected chi connectivity index (χ0v) is 11.8. The predicted molar refractivity (Wildman–Crippen MR) is 69.2 cm³/mol. The van der Waals surface area contributed by atoms with Crippen molar-refractivity contribution in [3.8, 4) is 0 Å². The molecule has 1 N–H and O–H groups in total. The van der Waals surface area contributed by atoms with Gasteiger partial charge in [-0.2, -0.15) is 13.2 Å². The highest BCUT2D eigenvalue weighted by Gasteiger charge is 2.42. The number of alkyl halides is 3. The quantitative estimate of drug-likeness (QED) is 0.849. The van der Waals surface area contributed by atoms with Gasteiger partial charge in [-0.15, -0.1) is 23.1 Å². The monoisotopic (exact) mass is 310 g/mol. The van der Waals surface area contributed by atoms with E-state index in [4.69, 9.17) is 5.11 Å². The number of halogens is 3. The van der Waals surface area contributed by atoms with Gasteiger partial charge in [0.2, 0.25) is 0 Å². The minimum Gasteiger partial charge on any atom is -0.477 e. The Morgan fingerprint density at radius 1 is 1.53 bits per heavy atom. The molecule has 0 aliphatic heterocycles. The molecule has 19 heavy (non-hydrogen) atoms. The standard InChI is InChI=1S/C12H13F3O2S2/c1-2-18-9-7-4-3-6(12(13,14)15)5-8(7)19-10(9)11(16)17/h6H,2-5H2,1H3,(H,16,17). The summed E-state index contributed by atoms with van der Waals surface area (Å²) in [5.74, 6) is -1.66. The van der Waals surface area contributed by atoms with Crippen LogP contribution >= 0.6 is 23.1 Å². The Bertz CT molecular complexity index is 494. The van der Waals surface area contributed by atoms with Crippen LogP contribution in [0.2, 0.25) is 0 Å². The number of aromatic carboxylic acids is 1. The largest absolute Gasteiger partial charge is 0.477 e. The third-order valence-electron chi connectivity index (χ3n) is 3.16. The third-order valence-corrected chi connectivity index (χ3v) is 5.56. The molecule has 0 bridgehead atoms. The number of hydrogen-bond acceptors (Lipinski definition) is 3. The molecule has 0 radical (unpaired) electrons. The van der Waals surface area contributed by atoms with Crippen molar-refractivity contribution in [1.82, 2.24) is 0 Å². The van der Waals surface area contributed by atoms with Crippen LogP contribution in [0.3, 0.4) is 0 Å². The van der Waals surface area contributed by atoms with Crippen molar-refractivity contribution in [2.45, 2.75) is 37.3 Å². The van der Waals surface area contributed by atoms with E-state index < -0.39 is 18.1 Å². The van der Waals surface area contributed by atoms with Crippen LogP contribution in [0, 0.1) is 5.92 Å². The van der Waals surface area contributed by atoms with Crippen LogP contribution < -0.4 is 0 Å². The Balaban J connectivity index is 2.36. The van der Waals surface area contributed by atoms with Crippen LogP contribution in [0.1, 0.15) is 33.5 Å². The maximum Gasteiger partial charge on any atom is 0.392 e. The molecule has 0 amide bonds. The predicted octanol–water partition coefficient (Wildman–Crippen LogP) is 4.23. The van der Waals surface area contributed by atoms with Gasteiger partial charge in [-0.05, 0) is 30.6 Å². The first-order valence-electron chi connectivity index (χ1n) is 5.92. The fourth-order valence-corrected chi connectivity index (χ4v) is 4.71. The van der Waals surface area contributed by atoms with E-state index in [0.717, 1.165) is 16.9 Å². The molecule has 106 valence electrons. The van der Waals surface area contributed by atoms with Gasteiger partial charge in [0.25, 0.3) is 0 Å². The van der Waals surface area contributed by atoms with E-state index >= 15 is 0 Å². The fraction of sp³-hybridized carbons (Fsp3) is 0.583. The molecule has 2 nitrogen and oxygen atoms in total. The second-order valence-corrected chi connectivity index (χ2v) is 6.76. The van der Waals surface area contributed by atoms with Gasteiger partial charge < -0.3 is 5.11 Å². The Hall–Kier alpha value is -0.690. The summed E-state index contributed by atoms with van der Waals surface area (Å²) in [5.41, 5.74) is 0.828. The minimum atomic E-state index is -4.19. The second kappa shape index (κ2) is 5.36. The molecule has 1 aliphatic carbocycles. The molecule has 7 heteroatoms. The number of carboxylic acid groups (broad SMARTS) is 1. The molecule has 1 aromatic heterocycles. The molecule has 1 atom stereocenters. The van der Waals surface area contributed by atoms with Crippen LogP contribution in [0.15, 0.2) is 4.90 Å². The summed E-state index contributed by atoms with van der Waals surface area (Å²) in [6.07, 6.45) is -3.88. The van der Waals surface area contributed by atoms with Crippen molar-refractivity contribution in [1.29, 1.82) is 0 Å². The number of carboxylic acids is 1. The molecule has 0 saturated heterocycles. The molecule has 1 unspecified atom stereocenters. The first kappa shape index (κ1) is 14.7. The zero-order chi connectivity index (χ0) is 14.2. The zero-order valence-electron chi connectivity index (χ0n) is 10.2. The van der Waals surface area contributed by atoms with E-state index in [1.54, 1.807) is 0 Å². The summed E-state index contributed by atoms with van der Waals surface area (Å²) in [7, 11) is 0. The number of carbonyl (C=O) groups is 1. The van der Waals surface area contributed by atoms with Gasteiger partial charge in [0.05, 0.1) is 5.92 Å². The van der Waals surface area contributed by atoms with Crippen LogP contribution in [0.25, 0.3) is 0 Å². The number of rotatable bonds is 3. The van der Waals surface area contributed by atoms with Crippen molar-refractivity contribution in [2.75, 3.05) is 5.75 Å². The molecule has 0 aromatic carbocycles. The van der Waals surface area contributed by atoms with Crippen molar-refractivity contribution < 1.29 is 23.1 Å². The summed E-state index contributed by atoms with van der Waals surface area (Å²) >= 11 is 2.42. The Kier molecular flexibility index (Phi) is 4.15. The highest BCUT2D eigenvalue weighted by atomic mass is 32.2.